The zero-order valence-corrected chi connectivity index (χ0v) is 16.7. The number of fused-ring (bicyclic) bond motifs is 1. The van der Waals surface area contributed by atoms with E-state index < -0.39 is 26.7 Å². The lowest BCUT2D eigenvalue weighted by molar-refractivity contribution is -0.139. The van der Waals surface area contributed by atoms with Gasteiger partial charge in [0.2, 0.25) is 0 Å². The maximum absolute atomic E-state index is 13.2. The quantitative estimate of drug-likeness (QED) is 0.654. The summed E-state index contributed by atoms with van der Waals surface area (Å²) in [6.07, 6.45) is -0.681. The number of alkyl halides is 3. The summed E-state index contributed by atoms with van der Waals surface area (Å²) in [6.45, 7) is 0.820. The number of nitrogens with one attached hydrogen (secondary N) is 1. The molecule has 1 N–H and O–H groups in total. The first-order valence-corrected chi connectivity index (χ1v) is 11.0. The van der Waals surface area contributed by atoms with Gasteiger partial charge in [0, 0.05) is 24.2 Å². The third-order valence-corrected chi connectivity index (χ3v) is 6.43. The fourth-order valence-electron chi connectivity index (χ4n) is 3.53. The molecule has 0 saturated heterocycles. The van der Waals surface area contributed by atoms with Crippen LogP contribution in [0.4, 0.5) is 18.9 Å². The Bertz CT molecular complexity index is 1160. The van der Waals surface area contributed by atoms with E-state index in [2.05, 4.69) is 19.5 Å². The van der Waals surface area contributed by atoms with Crippen LogP contribution in [0.25, 0.3) is 11.4 Å². The number of hydrogen-bond donors (Lipinski definition) is 1. The Hall–Kier alpha value is -2.88. The number of aromatic nitrogens is 3. The largest absolute Gasteiger partial charge is 0.417 e. The molecule has 0 radical (unpaired) electrons. The number of aryl methyl sites for hydroxylation is 1. The molecule has 0 spiro atoms. The predicted molar refractivity (Wildman–Crippen MR) is 105 cm³/mol. The summed E-state index contributed by atoms with van der Waals surface area (Å²) >= 11 is 0. The van der Waals surface area contributed by atoms with Gasteiger partial charge in [-0.2, -0.15) is 13.2 Å². The van der Waals surface area contributed by atoms with Gasteiger partial charge in [-0.15, -0.1) is 10.2 Å². The van der Waals surface area contributed by atoms with Crippen LogP contribution in [0, 0.1) is 0 Å². The van der Waals surface area contributed by atoms with Crippen LogP contribution in [0.3, 0.4) is 0 Å². The molecule has 158 valence electrons. The fourth-order valence-corrected chi connectivity index (χ4v) is 4.82. The van der Waals surface area contributed by atoms with E-state index in [9.17, 15) is 21.6 Å². The lowest BCUT2D eigenvalue weighted by atomic mass is 10.2. The van der Waals surface area contributed by atoms with Crippen molar-refractivity contribution in [3.63, 3.8) is 0 Å². The lowest BCUT2D eigenvalue weighted by Crippen LogP contribution is -2.18. The van der Waals surface area contributed by atoms with E-state index in [0.29, 0.717) is 5.82 Å². The van der Waals surface area contributed by atoms with Gasteiger partial charge >= 0.3 is 6.18 Å². The summed E-state index contributed by atoms with van der Waals surface area (Å²) in [5, 5.41) is 8.49. The Kier molecular flexibility index (Phi) is 5.27. The van der Waals surface area contributed by atoms with Crippen molar-refractivity contribution in [1.29, 1.82) is 0 Å². The SMILES string of the molecule is O=S(=O)(Nc1ccc(-c2nnc3n2CCCCC3)cc1)c1ccccc1C(F)(F)F. The summed E-state index contributed by atoms with van der Waals surface area (Å²) < 4.78 is 69.0. The second kappa shape index (κ2) is 7.75. The highest BCUT2D eigenvalue weighted by molar-refractivity contribution is 7.92. The molecule has 0 fully saturated rings. The summed E-state index contributed by atoms with van der Waals surface area (Å²) in [6, 6.07) is 10.4. The second-order valence-corrected chi connectivity index (χ2v) is 8.73. The monoisotopic (exact) mass is 436 g/mol. The highest BCUT2D eigenvalue weighted by atomic mass is 32.2. The molecule has 4 rings (SSSR count). The first kappa shape index (κ1) is 20.4. The molecular weight excluding hydrogens is 417 g/mol. The van der Waals surface area contributed by atoms with Gasteiger partial charge in [-0.25, -0.2) is 8.42 Å². The molecule has 0 aliphatic carbocycles. The van der Waals surface area contributed by atoms with Crippen molar-refractivity contribution in [2.24, 2.45) is 0 Å². The number of sulfonamides is 1. The van der Waals surface area contributed by atoms with Gasteiger partial charge in [-0.1, -0.05) is 18.6 Å². The van der Waals surface area contributed by atoms with Crippen molar-refractivity contribution < 1.29 is 21.6 Å². The van der Waals surface area contributed by atoms with E-state index in [1.807, 2.05) is 0 Å². The number of halogens is 3. The van der Waals surface area contributed by atoms with Crippen LogP contribution >= 0.6 is 0 Å². The third-order valence-electron chi connectivity index (χ3n) is 4.99. The molecule has 1 aliphatic heterocycles. The molecule has 1 aromatic heterocycles. The zero-order valence-electron chi connectivity index (χ0n) is 15.9. The summed E-state index contributed by atoms with van der Waals surface area (Å²) in [5.74, 6) is 1.62. The van der Waals surface area contributed by atoms with Gasteiger partial charge in [0.25, 0.3) is 10.0 Å². The molecule has 2 heterocycles. The summed E-state index contributed by atoms with van der Waals surface area (Å²) in [5.41, 5.74) is -0.291. The number of nitrogens with zero attached hydrogens (tertiary/aromatic N) is 3. The molecule has 2 aromatic carbocycles. The minimum absolute atomic E-state index is 0.159. The molecule has 6 nitrogen and oxygen atoms in total. The van der Waals surface area contributed by atoms with Crippen molar-refractivity contribution in [3.8, 4) is 11.4 Å². The molecule has 30 heavy (non-hydrogen) atoms. The number of hydrogen-bond acceptors (Lipinski definition) is 4. The highest BCUT2D eigenvalue weighted by Gasteiger charge is 2.36. The van der Waals surface area contributed by atoms with E-state index in [1.165, 1.54) is 18.2 Å². The molecule has 1 aliphatic rings. The zero-order chi connectivity index (χ0) is 21.4. The third kappa shape index (κ3) is 4.04. The second-order valence-electron chi connectivity index (χ2n) is 7.08. The topological polar surface area (TPSA) is 76.9 Å². The molecular formula is C20H19F3N4O2S. The molecule has 0 amide bonds. The van der Waals surface area contributed by atoms with Crippen LogP contribution in [0.15, 0.2) is 53.4 Å². The molecule has 0 atom stereocenters. The standard InChI is InChI=1S/C20H19F3N4O2S/c21-20(22,23)16-6-3-4-7-17(16)30(28,29)26-15-11-9-14(10-12-15)19-25-24-18-8-2-1-5-13-27(18)19/h3-4,6-7,9-12,26H,1-2,5,8,13H2. The van der Waals surface area contributed by atoms with Gasteiger partial charge in [-0.3, -0.25) is 4.72 Å². The minimum Gasteiger partial charge on any atom is -0.311 e. The van der Waals surface area contributed by atoms with E-state index in [-0.39, 0.29) is 5.69 Å². The van der Waals surface area contributed by atoms with Crippen molar-refractivity contribution in [1.82, 2.24) is 14.8 Å². The van der Waals surface area contributed by atoms with Crippen LogP contribution in [-0.4, -0.2) is 23.2 Å². The molecule has 0 bridgehead atoms. The Labute approximate surface area is 171 Å². The van der Waals surface area contributed by atoms with Gasteiger partial charge < -0.3 is 4.57 Å². The van der Waals surface area contributed by atoms with Crippen LogP contribution < -0.4 is 4.72 Å². The normalized spacial score (nSPS) is 14.8. The smallest absolute Gasteiger partial charge is 0.311 e. The predicted octanol–water partition coefficient (Wildman–Crippen LogP) is 4.49. The van der Waals surface area contributed by atoms with E-state index in [0.717, 1.165) is 61.8 Å². The summed E-state index contributed by atoms with van der Waals surface area (Å²) in [4.78, 5) is -0.815. The van der Waals surface area contributed by atoms with Gasteiger partial charge in [0.15, 0.2) is 5.82 Å². The molecule has 3 aromatic rings. The average Bonchev–Trinajstić information content (AvgIpc) is 2.96. The van der Waals surface area contributed by atoms with Crippen molar-refractivity contribution in [3.05, 3.63) is 59.9 Å². The first-order valence-electron chi connectivity index (χ1n) is 9.47. The highest BCUT2D eigenvalue weighted by Crippen LogP contribution is 2.34. The number of rotatable bonds is 4. The van der Waals surface area contributed by atoms with Crippen LogP contribution in [0.1, 0.15) is 30.7 Å². The van der Waals surface area contributed by atoms with Gasteiger partial charge in [0.1, 0.15) is 5.82 Å². The van der Waals surface area contributed by atoms with Crippen molar-refractivity contribution in [2.45, 2.75) is 43.3 Å². The van der Waals surface area contributed by atoms with E-state index in [4.69, 9.17) is 0 Å². The van der Waals surface area contributed by atoms with Crippen molar-refractivity contribution in [2.75, 3.05) is 4.72 Å². The maximum Gasteiger partial charge on any atom is 0.417 e. The van der Waals surface area contributed by atoms with E-state index in [1.54, 1.807) is 12.1 Å². The minimum atomic E-state index is -4.78. The lowest BCUT2D eigenvalue weighted by Gasteiger charge is -2.14. The Morgan fingerprint density at radius 2 is 1.67 bits per heavy atom. The number of anilines is 1. The Balaban J connectivity index is 1.60. The maximum atomic E-state index is 13.2. The molecule has 10 heteroatoms. The summed E-state index contributed by atoms with van der Waals surface area (Å²) in [7, 11) is -4.42. The Morgan fingerprint density at radius 1 is 0.933 bits per heavy atom. The van der Waals surface area contributed by atoms with Crippen LogP contribution in [0.2, 0.25) is 0 Å². The Morgan fingerprint density at radius 3 is 2.40 bits per heavy atom. The number of benzene rings is 2. The van der Waals surface area contributed by atoms with Crippen LogP contribution in [-0.2, 0) is 29.2 Å². The molecule has 0 unspecified atom stereocenters. The van der Waals surface area contributed by atoms with Crippen molar-refractivity contribution >= 4 is 15.7 Å². The first-order chi connectivity index (χ1) is 14.3. The van der Waals surface area contributed by atoms with Gasteiger partial charge in [-0.05, 0) is 49.2 Å². The molecule has 0 saturated carbocycles. The van der Waals surface area contributed by atoms with Gasteiger partial charge in [0.05, 0.1) is 10.5 Å². The van der Waals surface area contributed by atoms with E-state index >= 15 is 0 Å². The fraction of sp³-hybridized carbons (Fsp3) is 0.300. The average molecular weight is 436 g/mol. The van der Waals surface area contributed by atoms with Crippen LogP contribution in [0.5, 0.6) is 0 Å².